The highest BCUT2D eigenvalue weighted by Crippen LogP contribution is 2.30. The third-order valence-corrected chi connectivity index (χ3v) is 4.48. The van der Waals surface area contributed by atoms with Crippen LogP contribution < -0.4 is 0 Å². The van der Waals surface area contributed by atoms with Gasteiger partial charge < -0.3 is 14.9 Å². The molecule has 0 spiro atoms. The molecule has 0 aliphatic carbocycles. The van der Waals surface area contributed by atoms with Crippen molar-refractivity contribution in [3.8, 4) is 0 Å². The van der Waals surface area contributed by atoms with Gasteiger partial charge in [-0.15, -0.1) is 0 Å². The van der Waals surface area contributed by atoms with E-state index in [9.17, 15) is 25.1 Å². The van der Waals surface area contributed by atoms with Crippen LogP contribution in [0.4, 0.5) is 5.69 Å². The second-order valence-corrected chi connectivity index (χ2v) is 5.93. The topological polar surface area (TPSA) is 113 Å². The first-order valence-corrected chi connectivity index (χ1v) is 7.53. The van der Waals surface area contributed by atoms with E-state index in [1.807, 2.05) is 4.90 Å². The first kappa shape index (κ1) is 15.9. The van der Waals surface area contributed by atoms with E-state index in [0.717, 1.165) is 13.0 Å². The van der Waals surface area contributed by atoms with Crippen molar-refractivity contribution in [2.75, 3.05) is 13.1 Å². The van der Waals surface area contributed by atoms with E-state index >= 15 is 0 Å². The number of benzene rings is 1. The highest BCUT2D eigenvalue weighted by molar-refractivity contribution is 5.89. The molecule has 23 heavy (non-hydrogen) atoms. The largest absolute Gasteiger partial charge is 0.455 e. The van der Waals surface area contributed by atoms with Crippen LogP contribution in [-0.2, 0) is 4.74 Å². The lowest BCUT2D eigenvalue weighted by atomic mass is 9.97. The number of piperidine rings is 1. The van der Waals surface area contributed by atoms with Gasteiger partial charge in [-0.05, 0) is 31.5 Å². The smallest absolute Gasteiger partial charge is 0.338 e. The Morgan fingerprint density at radius 3 is 2.61 bits per heavy atom. The van der Waals surface area contributed by atoms with Gasteiger partial charge in [-0.3, -0.25) is 15.0 Å². The van der Waals surface area contributed by atoms with Gasteiger partial charge in [-0.2, -0.15) is 0 Å². The van der Waals surface area contributed by atoms with Crippen molar-refractivity contribution < 1.29 is 24.7 Å². The number of non-ortho nitro benzene ring substituents is 1. The average molecular weight is 322 g/mol. The quantitative estimate of drug-likeness (QED) is 0.468. The van der Waals surface area contributed by atoms with Gasteiger partial charge in [0, 0.05) is 18.7 Å². The predicted molar refractivity (Wildman–Crippen MR) is 78.9 cm³/mol. The molecule has 4 atom stereocenters. The minimum absolute atomic E-state index is 0.109. The van der Waals surface area contributed by atoms with E-state index in [1.54, 1.807) is 0 Å². The summed E-state index contributed by atoms with van der Waals surface area (Å²) in [5.41, 5.74) is 0.0796. The molecule has 8 nitrogen and oxygen atoms in total. The van der Waals surface area contributed by atoms with E-state index < -0.39 is 35.2 Å². The Hall–Kier alpha value is -2.03. The van der Waals surface area contributed by atoms with Crippen LogP contribution in [0.3, 0.4) is 0 Å². The molecule has 2 saturated heterocycles. The molecule has 0 unspecified atom stereocenters. The Morgan fingerprint density at radius 2 is 2.00 bits per heavy atom. The van der Waals surface area contributed by atoms with Crippen molar-refractivity contribution in [2.24, 2.45) is 0 Å². The second kappa shape index (κ2) is 6.23. The third-order valence-electron chi connectivity index (χ3n) is 4.48. The minimum atomic E-state index is -0.938. The number of carbonyl (C=O) groups is 1. The Labute approximate surface area is 132 Å². The zero-order valence-corrected chi connectivity index (χ0v) is 12.4. The van der Waals surface area contributed by atoms with Crippen LogP contribution in [0.1, 0.15) is 23.2 Å². The minimum Gasteiger partial charge on any atom is -0.455 e. The molecule has 2 N–H and O–H groups in total. The standard InChI is InChI=1S/C15H18N2O6/c18-11-2-1-7-16-8-12(14(19)13(11)16)23-15(20)9-3-5-10(6-4-9)17(21)22/h3-6,11-14,18-19H,1-2,7-8H2/t11-,12-,13-,14-/m1/s1. The molecule has 0 aromatic heterocycles. The maximum atomic E-state index is 12.1. The number of nitrogens with zero attached hydrogens (tertiary/aromatic N) is 2. The van der Waals surface area contributed by atoms with Crippen LogP contribution in [0.15, 0.2) is 24.3 Å². The van der Waals surface area contributed by atoms with Crippen LogP contribution in [0.25, 0.3) is 0 Å². The molecular weight excluding hydrogens is 304 g/mol. The van der Waals surface area contributed by atoms with Gasteiger partial charge in [0.1, 0.15) is 12.2 Å². The van der Waals surface area contributed by atoms with Crippen molar-refractivity contribution in [3.05, 3.63) is 39.9 Å². The number of aliphatic hydroxyl groups excluding tert-OH is 2. The second-order valence-electron chi connectivity index (χ2n) is 5.93. The Bertz CT molecular complexity index is 604. The number of esters is 1. The summed E-state index contributed by atoms with van der Waals surface area (Å²) in [5, 5.41) is 30.9. The first-order chi connectivity index (χ1) is 11.0. The Balaban J connectivity index is 1.67. The number of hydrogen-bond acceptors (Lipinski definition) is 7. The summed E-state index contributed by atoms with van der Waals surface area (Å²) >= 11 is 0. The number of ether oxygens (including phenoxy) is 1. The highest BCUT2D eigenvalue weighted by Gasteiger charge is 2.47. The number of hydrogen-bond donors (Lipinski definition) is 2. The summed E-state index contributed by atoms with van der Waals surface area (Å²) in [7, 11) is 0. The van der Waals surface area contributed by atoms with Crippen LogP contribution in [-0.4, -0.2) is 63.4 Å². The monoisotopic (exact) mass is 322 g/mol. The maximum absolute atomic E-state index is 12.1. The fourth-order valence-electron chi connectivity index (χ4n) is 3.31. The van der Waals surface area contributed by atoms with Crippen molar-refractivity contribution in [3.63, 3.8) is 0 Å². The average Bonchev–Trinajstić information content (AvgIpc) is 2.85. The molecule has 0 saturated carbocycles. The SMILES string of the molecule is O=C(O[C@@H]1CN2CCC[C@@H](O)[C@@H]2[C@@H]1O)c1ccc([N+](=O)[O-])cc1. The highest BCUT2D eigenvalue weighted by atomic mass is 16.6. The fourth-order valence-corrected chi connectivity index (χ4v) is 3.31. The Morgan fingerprint density at radius 1 is 1.30 bits per heavy atom. The van der Waals surface area contributed by atoms with Crippen molar-refractivity contribution in [1.29, 1.82) is 0 Å². The molecule has 3 rings (SSSR count). The first-order valence-electron chi connectivity index (χ1n) is 7.53. The van der Waals surface area contributed by atoms with Gasteiger partial charge in [0.15, 0.2) is 0 Å². The fraction of sp³-hybridized carbons (Fsp3) is 0.533. The summed E-state index contributed by atoms with van der Waals surface area (Å²) in [5.74, 6) is -0.640. The van der Waals surface area contributed by atoms with Gasteiger partial charge in [0.25, 0.3) is 5.69 Å². The number of carbonyl (C=O) groups excluding carboxylic acids is 1. The lowest BCUT2D eigenvalue weighted by molar-refractivity contribution is -0.384. The molecule has 2 aliphatic heterocycles. The Kier molecular flexibility index (Phi) is 4.29. The van der Waals surface area contributed by atoms with Crippen molar-refractivity contribution >= 4 is 11.7 Å². The summed E-state index contributed by atoms with van der Waals surface area (Å²) in [6.07, 6.45) is -0.807. The van der Waals surface area contributed by atoms with Crippen molar-refractivity contribution in [2.45, 2.75) is 37.2 Å². The number of aliphatic hydroxyl groups is 2. The summed E-state index contributed by atoms with van der Waals surface area (Å²) in [4.78, 5) is 24.1. The van der Waals surface area contributed by atoms with E-state index in [4.69, 9.17) is 4.74 Å². The molecule has 2 heterocycles. The van der Waals surface area contributed by atoms with Gasteiger partial charge in [0.2, 0.25) is 0 Å². The van der Waals surface area contributed by atoms with Crippen LogP contribution in [0, 0.1) is 10.1 Å². The molecule has 0 radical (unpaired) electrons. The van der Waals surface area contributed by atoms with Crippen LogP contribution >= 0.6 is 0 Å². The van der Waals surface area contributed by atoms with Crippen LogP contribution in [0.2, 0.25) is 0 Å². The molecule has 0 bridgehead atoms. The summed E-state index contributed by atoms with van der Waals surface area (Å²) in [6.45, 7) is 1.13. The molecular formula is C15H18N2O6. The number of nitro benzene ring substituents is 1. The van der Waals surface area contributed by atoms with Gasteiger partial charge >= 0.3 is 5.97 Å². The third kappa shape index (κ3) is 3.05. The number of fused-ring (bicyclic) bond motifs is 1. The van der Waals surface area contributed by atoms with Gasteiger partial charge in [-0.25, -0.2) is 4.79 Å². The molecule has 1 aromatic carbocycles. The zero-order valence-electron chi connectivity index (χ0n) is 12.4. The number of rotatable bonds is 3. The van der Waals surface area contributed by atoms with Crippen LogP contribution in [0.5, 0.6) is 0 Å². The normalized spacial score (nSPS) is 30.7. The summed E-state index contributed by atoms with van der Waals surface area (Å²) < 4.78 is 5.34. The van der Waals surface area contributed by atoms with E-state index in [-0.39, 0.29) is 11.3 Å². The van der Waals surface area contributed by atoms with E-state index in [0.29, 0.717) is 13.0 Å². The molecule has 124 valence electrons. The van der Waals surface area contributed by atoms with E-state index in [2.05, 4.69) is 0 Å². The molecule has 2 fully saturated rings. The lowest BCUT2D eigenvalue weighted by Gasteiger charge is -2.34. The molecule has 0 amide bonds. The number of nitro groups is 1. The van der Waals surface area contributed by atoms with E-state index in [1.165, 1.54) is 24.3 Å². The zero-order chi connectivity index (χ0) is 16.6. The lowest BCUT2D eigenvalue weighted by Crippen LogP contribution is -2.49. The summed E-state index contributed by atoms with van der Waals surface area (Å²) in [6, 6.07) is 4.70. The van der Waals surface area contributed by atoms with Gasteiger partial charge in [-0.1, -0.05) is 0 Å². The molecule has 8 heteroatoms. The molecule has 1 aromatic rings. The predicted octanol–water partition coefficient (Wildman–Crippen LogP) is 0.320. The maximum Gasteiger partial charge on any atom is 0.338 e. The van der Waals surface area contributed by atoms with Crippen molar-refractivity contribution in [1.82, 2.24) is 4.90 Å². The molecule has 2 aliphatic rings. The van der Waals surface area contributed by atoms with Gasteiger partial charge in [0.05, 0.1) is 22.6 Å².